The summed E-state index contributed by atoms with van der Waals surface area (Å²) in [5.41, 5.74) is -0.111. The summed E-state index contributed by atoms with van der Waals surface area (Å²) >= 11 is 0. The van der Waals surface area contributed by atoms with Crippen LogP contribution in [-0.2, 0) is 6.18 Å². The van der Waals surface area contributed by atoms with Crippen molar-refractivity contribution in [1.29, 1.82) is 0 Å². The van der Waals surface area contributed by atoms with Crippen LogP contribution in [0.2, 0.25) is 0 Å². The molecule has 0 spiro atoms. The number of nitrogens with one attached hydrogen (secondary N) is 1. The van der Waals surface area contributed by atoms with Crippen LogP contribution in [0.3, 0.4) is 0 Å². The molecule has 0 radical (unpaired) electrons. The van der Waals surface area contributed by atoms with E-state index >= 15 is 0 Å². The fraction of sp³-hybridized carbons (Fsp3) is 0.467. The lowest BCUT2D eigenvalue weighted by Gasteiger charge is -2.33. The van der Waals surface area contributed by atoms with E-state index in [1.165, 1.54) is 0 Å². The number of hydrogen-bond donors (Lipinski definition) is 1. The molecule has 3 rings (SSSR count). The number of halogens is 3. The third-order valence-corrected chi connectivity index (χ3v) is 3.81. The molecule has 0 aliphatic carbocycles. The zero-order valence-electron chi connectivity index (χ0n) is 13.1. The van der Waals surface area contributed by atoms with E-state index in [9.17, 15) is 13.2 Å². The van der Waals surface area contributed by atoms with E-state index < -0.39 is 11.9 Å². The van der Waals surface area contributed by atoms with E-state index in [-0.39, 0.29) is 12.0 Å². The average Bonchev–Trinajstić information content (AvgIpc) is 2.55. The first-order chi connectivity index (χ1) is 11.4. The topological polar surface area (TPSA) is 66.8 Å². The third-order valence-electron chi connectivity index (χ3n) is 3.81. The van der Waals surface area contributed by atoms with Crippen LogP contribution in [0.15, 0.2) is 24.4 Å². The van der Waals surface area contributed by atoms with Gasteiger partial charge in [-0.25, -0.2) is 9.97 Å². The lowest BCUT2D eigenvalue weighted by molar-refractivity contribution is -0.141. The Kier molecular flexibility index (Phi) is 4.50. The summed E-state index contributed by atoms with van der Waals surface area (Å²) in [4.78, 5) is 9.50. The maximum Gasteiger partial charge on any atom is 0.433 e. The van der Waals surface area contributed by atoms with Crippen LogP contribution in [0.25, 0.3) is 0 Å². The smallest absolute Gasteiger partial charge is 0.353 e. The molecule has 1 N–H and O–H groups in total. The second kappa shape index (κ2) is 6.58. The molecule has 2 aromatic rings. The SMILES string of the molecule is Cc1ccc(N2CCC[C@H](Nc3nccc(C(F)(F)F)n3)C2)nn1. The van der Waals surface area contributed by atoms with Crippen molar-refractivity contribution >= 4 is 11.8 Å². The van der Waals surface area contributed by atoms with E-state index in [0.717, 1.165) is 43.2 Å². The molecule has 2 aromatic heterocycles. The van der Waals surface area contributed by atoms with Crippen LogP contribution in [0, 0.1) is 6.92 Å². The van der Waals surface area contributed by atoms with Crippen LogP contribution in [-0.4, -0.2) is 39.3 Å². The van der Waals surface area contributed by atoms with Gasteiger partial charge >= 0.3 is 6.18 Å². The van der Waals surface area contributed by atoms with Crippen molar-refractivity contribution in [2.75, 3.05) is 23.3 Å². The van der Waals surface area contributed by atoms with Gasteiger partial charge in [-0.2, -0.15) is 18.3 Å². The number of aryl methyl sites for hydroxylation is 1. The summed E-state index contributed by atoms with van der Waals surface area (Å²) in [6.07, 6.45) is -1.64. The highest BCUT2D eigenvalue weighted by atomic mass is 19.4. The highest BCUT2D eigenvalue weighted by Crippen LogP contribution is 2.28. The molecule has 0 aromatic carbocycles. The molecule has 1 aliphatic rings. The van der Waals surface area contributed by atoms with Crippen molar-refractivity contribution in [1.82, 2.24) is 20.2 Å². The molecule has 3 heterocycles. The van der Waals surface area contributed by atoms with Crippen molar-refractivity contribution in [2.45, 2.75) is 32.0 Å². The Bertz CT molecular complexity index is 688. The number of aromatic nitrogens is 4. The van der Waals surface area contributed by atoms with Crippen LogP contribution in [0.5, 0.6) is 0 Å². The maximum atomic E-state index is 12.7. The van der Waals surface area contributed by atoms with Crippen LogP contribution in [0.1, 0.15) is 24.2 Å². The van der Waals surface area contributed by atoms with Gasteiger partial charge in [0.25, 0.3) is 0 Å². The molecule has 1 saturated heterocycles. The minimum Gasteiger partial charge on any atom is -0.353 e. The predicted molar refractivity (Wildman–Crippen MR) is 82.7 cm³/mol. The number of rotatable bonds is 3. The van der Waals surface area contributed by atoms with Crippen molar-refractivity contribution < 1.29 is 13.2 Å². The minimum atomic E-state index is -4.48. The molecule has 9 heteroatoms. The Morgan fingerprint density at radius 1 is 1.21 bits per heavy atom. The average molecular weight is 338 g/mol. The molecule has 0 saturated carbocycles. The first-order valence-electron chi connectivity index (χ1n) is 7.64. The van der Waals surface area contributed by atoms with Gasteiger partial charge < -0.3 is 10.2 Å². The number of alkyl halides is 3. The van der Waals surface area contributed by atoms with Gasteiger partial charge in [0, 0.05) is 25.3 Å². The summed E-state index contributed by atoms with van der Waals surface area (Å²) < 4.78 is 38.2. The normalized spacial score (nSPS) is 18.5. The summed E-state index contributed by atoms with van der Waals surface area (Å²) in [5, 5.41) is 11.2. The highest BCUT2D eigenvalue weighted by molar-refractivity contribution is 5.39. The third kappa shape index (κ3) is 3.90. The van der Waals surface area contributed by atoms with Crippen LogP contribution >= 0.6 is 0 Å². The summed E-state index contributed by atoms with van der Waals surface area (Å²) in [6, 6.07) is 4.59. The molecule has 1 aliphatic heterocycles. The second-order valence-electron chi connectivity index (χ2n) is 5.73. The molecule has 0 unspecified atom stereocenters. The number of anilines is 2. The lowest BCUT2D eigenvalue weighted by atomic mass is 10.1. The molecule has 1 fully saturated rings. The fourth-order valence-corrected chi connectivity index (χ4v) is 2.63. The van der Waals surface area contributed by atoms with Gasteiger partial charge in [0.2, 0.25) is 5.95 Å². The van der Waals surface area contributed by atoms with E-state index in [0.29, 0.717) is 6.54 Å². The number of nitrogens with zero attached hydrogens (tertiary/aromatic N) is 5. The molecule has 128 valence electrons. The second-order valence-corrected chi connectivity index (χ2v) is 5.73. The van der Waals surface area contributed by atoms with E-state index in [1.807, 2.05) is 19.1 Å². The molecule has 24 heavy (non-hydrogen) atoms. The zero-order chi connectivity index (χ0) is 17.2. The van der Waals surface area contributed by atoms with Gasteiger partial charge in [-0.15, -0.1) is 5.10 Å². The van der Waals surface area contributed by atoms with Crippen LogP contribution in [0.4, 0.5) is 24.9 Å². The molecule has 0 amide bonds. The van der Waals surface area contributed by atoms with Gasteiger partial charge in [-0.05, 0) is 38.0 Å². The Morgan fingerprint density at radius 2 is 2.04 bits per heavy atom. The van der Waals surface area contributed by atoms with Crippen LogP contribution < -0.4 is 10.2 Å². The van der Waals surface area contributed by atoms with E-state index in [2.05, 4.69) is 30.4 Å². The van der Waals surface area contributed by atoms with Crippen molar-refractivity contribution in [3.8, 4) is 0 Å². The predicted octanol–water partition coefficient (Wildman–Crippen LogP) is 2.67. The summed E-state index contributed by atoms with van der Waals surface area (Å²) in [5.74, 6) is 0.753. The standard InChI is InChI=1S/C15H17F3N6/c1-10-4-5-13(23-22-10)24-8-2-3-11(9-24)20-14-19-7-6-12(21-14)15(16,17)18/h4-7,11H,2-3,8-9H2,1H3,(H,19,20,21)/t11-/m0/s1. The minimum absolute atomic E-state index is 0.00772. The van der Waals surface area contributed by atoms with E-state index in [4.69, 9.17) is 0 Å². The zero-order valence-corrected chi connectivity index (χ0v) is 13.1. The largest absolute Gasteiger partial charge is 0.433 e. The fourth-order valence-electron chi connectivity index (χ4n) is 2.63. The van der Waals surface area contributed by atoms with Gasteiger partial charge in [-0.3, -0.25) is 0 Å². The molecule has 1 atom stereocenters. The molecular formula is C15H17F3N6. The van der Waals surface area contributed by atoms with Gasteiger partial charge in [0.15, 0.2) is 5.82 Å². The monoisotopic (exact) mass is 338 g/mol. The Morgan fingerprint density at radius 3 is 2.75 bits per heavy atom. The Balaban J connectivity index is 1.68. The Hall–Kier alpha value is -2.45. The quantitative estimate of drug-likeness (QED) is 0.928. The van der Waals surface area contributed by atoms with Gasteiger partial charge in [0.1, 0.15) is 5.69 Å². The first kappa shape index (κ1) is 16.4. The highest BCUT2D eigenvalue weighted by Gasteiger charge is 2.33. The summed E-state index contributed by atoms with van der Waals surface area (Å²) in [7, 11) is 0. The molecular weight excluding hydrogens is 321 g/mol. The number of piperidine rings is 1. The Labute approximate surface area is 137 Å². The van der Waals surface area contributed by atoms with E-state index in [1.54, 1.807) is 0 Å². The number of hydrogen-bond acceptors (Lipinski definition) is 6. The van der Waals surface area contributed by atoms with Crippen molar-refractivity contribution in [2.24, 2.45) is 0 Å². The molecule has 6 nitrogen and oxygen atoms in total. The van der Waals surface area contributed by atoms with Gasteiger partial charge in [0.05, 0.1) is 5.69 Å². The summed E-state index contributed by atoms with van der Waals surface area (Å²) in [6.45, 7) is 3.30. The lowest BCUT2D eigenvalue weighted by Crippen LogP contribution is -2.43. The van der Waals surface area contributed by atoms with Crippen molar-refractivity contribution in [3.05, 3.63) is 35.8 Å². The van der Waals surface area contributed by atoms with Gasteiger partial charge in [-0.1, -0.05) is 0 Å². The molecule has 0 bridgehead atoms. The first-order valence-corrected chi connectivity index (χ1v) is 7.64. The van der Waals surface area contributed by atoms with Crippen molar-refractivity contribution in [3.63, 3.8) is 0 Å². The maximum absolute atomic E-state index is 12.7.